The lowest BCUT2D eigenvalue weighted by molar-refractivity contribution is 0.575. The number of hydrogen-bond donors (Lipinski definition) is 0. The van der Waals surface area contributed by atoms with Gasteiger partial charge in [-0.3, -0.25) is 0 Å². The number of halogens is 7. The van der Waals surface area contributed by atoms with Gasteiger partial charge in [0, 0.05) is 41.7 Å². The Labute approximate surface area is 179 Å². The first-order chi connectivity index (χ1) is 14.1. The second-order valence-electron chi connectivity index (χ2n) is 6.40. The van der Waals surface area contributed by atoms with Crippen LogP contribution < -0.4 is 15.9 Å². The molecule has 0 nitrogen and oxygen atoms in total. The summed E-state index contributed by atoms with van der Waals surface area (Å²) < 4.78 is 82.6. The summed E-state index contributed by atoms with van der Waals surface area (Å²) in [4.78, 5) is 0. The molecule has 0 fully saturated rings. The molecule has 158 valence electrons. The summed E-state index contributed by atoms with van der Waals surface area (Å²) in [5.41, 5.74) is -0.426. The zero-order valence-corrected chi connectivity index (χ0v) is 18.9. The van der Waals surface area contributed by atoms with Gasteiger partial charge in [-0.25, -0.2) is 26.3 Å². The fourth-order valence-corrected chi connectivity index (χ4v) is 9.20. The molecule has 0 heterocycles. The standard InChI is InChI=1S/C20H14ClF6P3/c1-10(28-16-4-11(22)2-12(23)5-16)20-18(27)8-15(26)9-19(20)30(21)29-17-6-13(24)3-14(25)7-17/h2-10,28-29H,1H3. The fraction of sp³-hybridized carbons (Fsp3) is 0.100. The third-order valence-electron chi connectivity index (χ3n) is 4.05. The first-order valence-electron chi connectivity index (χ1n) is 8.52. The van der Waals surface area contributed by atoms with Gasteiger partial charge in [-0.05, 0) is 49.2 Å². The van der Waals surface area contributed by atoms with E-state index in [9.17, 15) is 26.3 Å². The third-order valence-corrected chi connectivity index (χ3v) is 10.3. The zero-order valence-electron chi connectivity index (χ0n) is 15.3. The van der Waals surface area contributed by atoms with Gasteiger partial charge in [-0.2, -0.15) is 0 Å². The molecule has 0 saturated carbocycles. The molecular weight excluding hydrogens is 483 g/mol. The molecule has 0 saturated heterocycles. The van der Waals surface area contributed by atoms with Crippen LogP contribution in [0.1, 0.15) is 18.1 Å². The Kier molecular flexibility index (Phi) is 7.80. The number of benzene rings is 3. The Morgan fingerprint density at radius 2 is 1.17 bits per heavy atom. The van der Waals surface area contributed by atoms with Crippen molar-refractivity contribution in [2.24, 2.45) is 0 Å². The molecule has 3 aromatic rings. The second kappa shape index (κ2) is 9.96. The summed E-state index contributed by atoms with van der Waals surface area (Å²) in [5.74, 6) is -4.71. The normalized spacial score (nSPS) is 14.1. The van der Waals surface area contributed by atoms with E-state index in [1.807, 2.05) is 0 Å². The van der Waals surface area contributed by atoms with Crippen LogP contribution in [0.15, 0.2) is 48.5 Å². The van der Waals surface area contributed by atoms with Crippen LogP contribution >= 0.6 is 35.1 Å². The summed E-state index contributed by atoms with van der Waals surface area (Å²) in [6, 6.07) is 7.83. The highest BCUT2D eigenvalue weighted by molar-refractivity contribution is 8.38. The summed E-state index contributed by atoms with van der Waals surface area (Å²) in [6.07, 6.45) is 0. The molecule has 0 aliphatic carbocycles. The summed E-state index contributed by atoms with van der Waals surface area (Å²) in [5, 5.41) is 0.818. The van der Waals surface area contributed by atoms with Crippen molar-refractivity contribution in [3.8, 4) is 0 Å². The highest BCUT2D eigenvalue weighted by Crippen LogP contribution is 2.59. The molecule has 0 aliphatic rings. The maximum Gasteiger partial charge on any atom is 0.130 e. The lowest BCUT2D eigenvalue weighted by Gasteiger charge is -2.21. The van der Waals surface area contributed by atoms with E-state index in [-0.39, 0.29) is 33.0 Å². The van der Waals surface area contributed by atoms with Crippen LogP contribution in [0, 0.1) is 34.9 Å². The topological polar surface area (TPSA) is 0 Å². The second-order valence-corrected chi connectivity index (χ2v) is 13.8. The molecule has 0 aliphatic heterocycles. The first-order valence-corrected chi connectivity index (χ1v) is 13.7. The molecule has 0 aromatic heterocycles. The van der Waals surface area contributed by atoms with Crippen molar-refractivity contribution < 1.29 is 26.3 Å². The minimum atomic E-state index is -1.71. The molecule has 3 aromatic carbocycles. The maximum atomic E-state index is 14.7. The Morgan fingerprint density at radius 1 is 0.700 bits per heavy atom. The van der Waals surface area contributed by atoms with Crippen molar-refractivity contribution in [3.63, 3.8) is 0 Å². The van der Waals surface area contributed by atoms with E-state index in [2.05, 4.69) is 0 Å². The van der Waals surface area contributed by atoms with Crippen LogP contribution in [0.4, 0.5) is 26.3 Å². The van der Waals surface area contributed by atoms with Gasteiger partial charge in [0.25, 0.3) is 0 Å². The van der Waals surface area contributed by atoms with E-state index < -0.39 is 47.5 Å². The Bertz CT molecular complexity index is 1040. The predicted octanol–water partition coefficient (Wildman–Crippen LogP) is 6.77. The molecule has 0 radical (unpaired) electrons. The smallest absolute Gasteiger partial charge is 0.130 e. The van der Waals surface area contributed by atoms with Gasteiger partial charge in [0.05, 0.1) is 0 Å². The van der Waals surface area contributed by atoms with Gasteiger partial charge in [-0.1, -0.05) is 26.7 Å². The van der Waals surface area contributed by atoms with Crippen LogP contribution in [0.3, 0.4) is 0 Å². The molecule has 0 N–H and O–H groups in total. The molecule has 4 atom stereocenters. The van der Waals surface area contributed by atoms with Crippen molar-refractivity contribution in [2.75, 3.05) is 0 Å². The van der Waals surface area contributed by atoms with Crippen molar-refractivity contribution >= 4 is 51.0 Å². The molecule has 10 heteroatoms. The lowest BCUT2D eigenvalue weighted by atomic mass is 10.1. The van der Waals surface area contributed by atoms with Crippen LogP contribution in [0.5, 0.6) is 0 Å². The molecule has 30 heavy (non-hydrogen) atoms. The van der Waals surface area contributed by atoms with Crippen LogP contribution in [0.25, 0.3) is 0 Å². The SMILES string of the molecule is CC(Pc1cc(F)cc(F)c1)c1c(F)cc(F)cc1P(Cl)Pc1cc(F)cc(F)c1. The van der Waals surface area contributed by atoms with Crippen molar-refractivity contribution in [1.82, 2.24) is 0 Å². The maximum absolute atomic E-state index is 14.7. The van der Waals surface area contributed by atoms with Crippen LogP contribution in [-0.4, -0.2) is 0 Å². The summed E-state index contributed by atoms with van der Waals surface area (Å²) in [6.45, 7) is -0.0615. The molecule has 4 unspecified atom stereocenters. The Morgan fingerprint density at radius 3 is 1.70 bits per heavy atom. The van der Waals surface area contributed by atoms with E-state index in [0.29, 0.717) is 5.30 Å². The highest BCUT2D eigenvalue weighted by atomic mass is 35.7. The van der Waals surface area contributed by atoms with Crippen LogP contribution in [-0.2, 0) is 0 Å². The van der Waals surface area contributed by atoms with E-state index in [0.717, 1.165) is 48.5 Å². The van der Waals surface area contributed by atoms with Crippen molar-refractivity contribution in [3.05, 3.63) is 89.0 Å². The van der Waals surface area contributed by atoms with Crippen LogP contribution in [0.2, 0.25) is 0 Å². The van der Waals surface area contributed by atoms with E-state index in [1.165, 1.54) is 0 Å². The minimum Gasteiger partial charge on any atom is -0.207 e. The van der Waals surface area contributed by atoms with Gasteiger partial charge in [-0.15, -0.1) is 0 Å². The zero-order chi connectivity index (χ0) is 22.0. The van der Waals surface area contributed by atoms with Crippen molar-refractivity contribution in [1.29, 1.82) is 0 Å². The average molecular weight is 497 g/mol. The van der Waals surface area contributed by atoms with Gasteiger partial charge in [0.15, 0.2) is 0 Å². The molecule has 0 amide bonds. The summed E-state index contributed by atoms with van der Waals surface area (Å²) >= 11 is 6.47. The Hall–Kier alpha value is -1.18. The molecule has 3 rings (SSSR count). The van der Waals surface area contributed by atoms with E-state index in [4.69, 9.17) is 11.2 Å². The predicted molar refractivity (Wildman–Crippen MR) is 116 cm³/mol. The minimum absolute atomic E-state index is 0.130. The first kappa shape index (κ1) is 23.5. The van der Waals surface area contributed by atoms with Gasteiger partial charge in [0.2, 0.25) is 0 Å². The quantitative estimate of drug-likeness (QED) is 0.261. The van der Waals surface area contributed by atoms with Gasteiger partial charge in [0.1, 0.15) is 34.9 Å². The monoisotopic (exact) mass is 496 g/mol. The van der Waals surface area contributed by atoms with Gasteiger partial charge < -0.3 is 0 Å². The number of rotatable bonds is 6. The number of hydrogen-bond acceptors (Lipinski definition) is 0. The molecule has 0 bridgehead atoms. The fourth-order valence-electron chi connectivity index (χ4n) is 2.91. The molecular formula is C20H14ClF6P3. The van der Waals surface area contributed by atoms with Crippen molar-refractivity contribution in [2.45, 2.75) is 12.6 Å². The Balaban J connectivity index is 1.94. The van der Waals surface area contributed by atoms with Gasteiger partial charge >= 0.3 is 0 Å². The largest absolute Gasteiger partial charge is 0.207 e. The third kappa shape index (κ3) is 5.95. The van der Waals surface area contributed by atoms with E-state index in [1.54, 1.807) is 6.92 Å². The molecule has 0 spiro atoms. The van der Waals surface area contributed by atoms with E-state index >= 15 is 0 Å². The average Bonchev–Trinajstić information content (AvgIpc) is 2.58. The summed E-state index contributed by atoms with van der Waals surface area (Å²) in [7, 11) is -0.519. The highest BCUT2D eigenvalue weighted by Gasteiger charge is 2.24. The lowest BCUT2D eigenvalue weighted by Crippen LogP contribution is -2.13.